The van der Waals surface area contributed by atoms with Crippen molar-refractivity contribution in [3.63, 3.8) is 0 Å². The summed E-state index contributed by atoms with van der Waals surface area (Å²) in [7, 11) is 0. The molecule has 0 fully saturated rings. The van der Waals surface area contributed by atoms with Gasteiger partial charge in [0.2, 0.25) is 0 Å². The summed E-state index contributed by atoms with van der Waals surface area (Å²) in [5.41, 5.74) is 3.03. The van der Waals surface area contributed by atoms with Gasteiger partial charge >= 0.3 is 0 Å². The second kappa shape index (κ2) is 8.61. The third-order valence-electron chi connectivity index (χ3n) is 4.91. The van der Waals surface area contributed by atoms with E-state index in [9.17, 15) is 14.9 Å². The zero-order valence-electron chi connectivity index (χ0n) is 17.1. The molecule has 0 bridgehead atoms. The Bertz CT molecular complexity index is 1240. The van der Waals surface area contributed by atoms with Gasteiger partial charge in [-0.1, -0.05) is 43.4 Å². The number of para-hydroxylation sites is 1. The van der Waals surface area contributed by atoms with Gasteiger partial charge in [-0.25, -0.2) is 4.98 Å². The van der Waals surface area contributed by atoms with Crippen LogP contribution in [-0.2, 0) is 6.54 Å². The Morgan fingerprint density at radius 3 is 2.52 bits per heavy atom. The van der Waals surface area contributed by atoms with Gasteiger partial charge in [0.1, 0.15) is 0 Å². The zero-order valence-corrected chi connectivity index (χ0v) is 17.9. The van der Waals surface area contributed by atoms with Crippen LogP contribution >= 0.6 is 11.3 Å². The number of hydrogen-bond acceptors (Lipinski definition) is 6. The lowest BCUT2D eigenvalue weighted by atomic mass is 10.0. The van der Waals surface area contributed by atoms with E-state index in [1.807, 2.05) is 30.3 Å². The van der Waals surface area contributed by atoms with Crippen LogP contribution in [0.15, 0.2) is 66.9 Å². The van der Waals surface area contributed by atoms with Crippen LogP contribution < -0.4 is 4.90 Å². The summed E-state index contributed by atoms with van der Waals surface area (Å²) < 4.78 is 1.00. The number of carbonyl (C=O) groups is 1. The quantitative estimate of drug-likeness (QED) is 0.293. The molecule has 0 saturated heterocycles. The summed E-state index contributed by atoms with van der Waals surface area (Å²) in [6.45, 7) is 4.47. The summed E-state index contributed by atoms with van der Waals surface area (Å²) in [5, 5.41) is 11.5. The summed E-state index contributed by atoms with van der Waals surface area (Å²) in [4.78, 5) is 34.6. The summed E-state index contributed by atoms with van der Waals surface area (Å²) in [5.74, 6) is 0.0129. The first-order valence-corrected chi connectivity index (χ1v) is 10.6. The third kappa shape index (κ3) is 4.29. The molecule has 0 N–H and O–H groups in total. The molecule has 0 radical (unpaired) electrons. The Labute approximate surface area is 183 Å². The predicted molar refractivity (Wildman–Crippen MR) is 122 cm³/mol. The van der Waals surface area contributed by atoms with Gasteiger partial charge in [0.05, 0.1) is 27.4 Å². The molecule has 0 aliphatic heterocycles. The Morgan fingerprint density at radius 2 is 1.87 bits per heavy atom. The molecule has 0 spiro atoms. The van der Waals surface area contributed by atoms with E-state index in [0.29, 0.717) is 16.6 Å². The highest BCUT2D eigenvalue weighted by atomic mass is 32.1. The van der Waals surface area contributed by atoms with Crippen molar-refractivity contribution >= 4 is 38.3 Å². The van der Waals surface area contributed by atoms with E-state index in [1.54, 1.807) is 11.1 Å². The van der Waals surface area contributed by atoms with Crippen molar-refractivity contribution in [2.24, 2.45) is 0 Å². The van der Waals surface area contributed by atoms with Crippen LogP contribution in [0.4, 0.5) is 10.8 Å². The highest BCUT2D eigenvalue weighted by molar-refractivity contribution is 7.22. The number of non-ortho nitro benzene ring substituents is 1. The second-order valence-corrected chi connectivity index (χ2v) is 8.37. The van der Waals surface area contributed by atoms with Gasteiger partial charge in [-0.2, -0.15) is 0 Å². The van der Waals surface area contributed by atoms with Crippen molar-refractivity contribution in [2.75, 3.05) is 4.90 Å². The van der Waals surface area contributed by atoms with Gasteiger partial charge in [-0.05, 0) is 41.8 Å². The topological polar surface area (TPSA) is 89.2 Å². The van der Waals surface area contributed by atoms with Gasteiger partial charge in [-0.3, -0.25) is 24.8 Å². The number of nitro benzene ring substituents is 1. The van der Waals surface area contributed by atoms with Gasteiger partial charge < -0.3 is 0 Å². The summed E-state index contributed by atoms with van der Waals surface area (Å²) >= 11 is 1.45. The average Bonchev–Trinajstić information content (AvgIpc) is 3.21. The maximum atomic E-state index is 13.4. The number of pyridine rings is 1. The molecule has 0 aliphatic rings. The van der Waals surface area contributed by atoms with Crippen molar-refractivity contribution in [1.82, 2.24) is 9.97 Å². The van der Waals surface area contributed by atoms with Gasteiger partial charge in [0.15, 0.2) is 5.13 Å². The molecule has 4 rings (SSSR count). The molecule has 0 atom stereocenters. The first-order chi connectivity index (χ1) is 14.9. The molecule has 2 heterocycles. The van der Waals surface area contributed by atoms with Crippen LogP contribution in [0, 0.1) is 10.1 Å². The normalized spacial score (nSPS) is 11.1. The fourth-order valence-corrected chi connectivity index (χ4v) is 4.30. The van der Waals surface area contributed by atoms with E-state index in [-0.39, 0.29) is 18.1 Å². The molecule has 0 aliphatic carbocycles. The number of amides is 1. The fourth-order valence-electron chi connectivity index (χ4n) is 3.30. The van der Waals surface area contributed by atoms with Crippen molar-refractivity contribution in [3.8, 4) is 0 Å². The highest BCUT2D eigenvalue weighted by Gasteiger charge is 2.23. The van der Waals surface area contributed by atoms with Gasteiger partial charge in [0, 0.05) is 23.9 Å². The van der Waals surface area contributed by atoms with Gasteiger partial charge in [0.25, 0.3) is 11.6 Å². The van der Waals surface area contributed by atoms with E-state index in [4.69, 9.17) is 4.98 Å². The minimum atomic E-state index is -0.485. The maximum Gasteiger partial charge on any atom is 0.269 e. The molecule has 0 saturated carbocycles. The molecule has 8 heteroatoms. The van der Waals surface area contributed by atoms with Crippen LogP contribution in [0.1, 0.15) is 41.4 Å². The summed E-state index contributed by atoms with van der Waals surface area (Å²) in [6.07, 6.45) is 1.68. The second-order valence-electron chi connectivity index (χ2n) is 7.36. The molecular weight excluding hydrogens is 412 g/mol. The van der Waals surface area contributed by atoms with Crippen molar-refractivity contribution in [2.45, 2.75) is 26.3 Å². The lowest BCUT2D eigenvalue weighted by Crippen LogP contribution is -2.30. The fraction of sp³-hybridized carbons (Fsp3) is 0.174. The maximum absolute atomic E-state index is 13.4. The number of thiazole rings is 1. The third-order valence-corrected chi connectivity index (χ3v) is 5.95. The van der Waals surface area contributed by atoms with E-state index >= 15 is 0 Å². The SMILES string of the molecule is CC(C)c1cccc2sc(N(Cc3ccccn3)C(=O)c3ccc([N+](=O)[O-])cc3)nc12. The monoisotopic (exact) mass is 432 g/mol. The lowest BCUT2D eigenvalue weighted by Gasteiger charge is -2.19. The lowest BCUT2D eigenvalue weighted by molar-refractivity contribution is -0.384. The van der Waals surface area contributed by atoms with E-state index in [1.165, 1.54) is 35.6 Å². The van der Waals surface area contributed by atoms with Crippen LogP contribution in [0.5, 0.6) is 0 Å². The Morgan fingerprint density at radius 1 is 1.10 bits per heavy atom. The number of benzene rings is 2. The molecule has 2 aromatic carbocycles. The Hall–Kier alpha value is -3.65. The van der Waals surface area contributed by atoms with Gasteiger partial charge in [-0.15, -0.1) is 0 Å². The number of nitro groups is 1. The van der Waals surface area contributed by atoms with Crippen molar-refractivity contribution in [1.29, 1.82) is 0 Å². The number of aromatic nitrogens is 2. The van der Waals surface area contributed by atoms with Crippen LogP contribution in [0.2, 0.25) is 0 Å². The van der Waals surface area contributed by atoms with Crippen LogP contribution in [0.3, 0.4) is 0 Å². The Kier molecular flexibility index (Phi) is 5.73. The molecule has 2 aromatic heterocycles. The van der Waals surface area contributed by atoms with E-state index < -0.39 is 4.92 Å². The first-order valence-electron chi connectivity index (χ1n) is 9.79. The standard InChI is InChI=1S/C23H20N4O3S/c1-15(2)19-7-5-8-20-21(19)25-23(31-20)26(14-17-6-3-4-13-24-17)22(28)16-9-11-18(12-10-16)27(29)30/h3-13,15H,14H2,1-2H3. The molecule has 4 aromatic rings. The number of rotatable bonds is 6. The number of nitrogens with zero attached hydrogens (tertiary/aromatic N) is 4. The van der Waals surface area contributed by atoms with Crippen LogP contribution in [-0.4, -0.2) is 20.8 Å². The Balaban J connectivity index is 1.77. The van der Waals surface area contributed by atoms with E-state index in [2.05, 4.69) is 24.9 Å². The molecule has 156 valence electrons. The largest absolute Gasteiger partial charge is 0.278 e. The zero-order chi connectivity index (χ0) is 22.0. The minimum absolute atomic E-state index is 0.0608. The first kappa shape index (κ1) is 20.6. The average molecular weight is 433 g/mol. The molecule has 31 heavy (non-hydrogen) atoms. The molecular formula is C23H20N4O3S. The number of hydrogen-bond donors (Lipinski definition) is 0. The molecule has 7 nitrogen and oxygen atoms in total. The van der Waals surface area contributed by atoms with E-state index in [0.717, 1.165) is 21.5 Å². The molecule has 1 amide bonds. The van der Waals surface area contributed by atoms with Crippen molar-refractivity contribution < 1.29 is 9.72 Å². The summed E-state index contributed by atoms with van der Waals surface area (Å²) in [6, 6.07) is 17.2. The van der Waals surface area contributed by atoms with Crippen LogP contribution in [0.25, 0.3) is 10.2 Å². The number of carbonyl (C=O) groups excluding carboxylic acids is 1. The predicted octanol–water partition coefficient (Wildman–Crippen LogP) is 5.57. The smallest absolute Gasteiger partial charge is 0.269 e. The van der Waals surface area contributed by atoms with Crippen molar-refractivity contribution in [3.05, 3.63) is 93.8 Å². The molecule has 0 unspecified atom stereocenters. The number of fused-ring (bicyclic) bond motifs is 1. The number of anilines is 1. The minimum Gasteiger partial charge on any atom is -0.278 e. The highest BCUT2D eigenvalue weighted by Crippen LogP contribution is 2.34.